The van der Waals surface area contributed by atoms with Crippen LogP contribution in [-0.4, -0.2) is 30.6 Å². The van der Waals surface area contributed by atoms with Crippen LogP contribution in [0.3, 0.4) is 0 Å². The zero-order valence-corrected chi connectivity index (χ0v) is 11.3. The Balaban J connectivity index is 1.92. The summed E-state index contributed by atoms with van der Waals surface area (Å²) in [7, 11) is 0. The second kappa shape index (κ2) is 6.16. The van der Waals surface area contributed by atoms with E-state index >= 15 is 0 Å². The Morgan fingerprint density at radius 2 is 2.26 bits per heavy atom. The van der Waals surface area contributed by atoms with Crippen LogP contribution in [0.15, 0.2) is 10.6 Å². The van der Waals surface area contributed by atoms with E-state index in [4.69, 9.17) is 14.9 Å². The predicted octanol–water partition coefficient (Wildman–Crippen LogP) is 0.609. The van der Waals surface area contributed by atoms with Gasteiger partial charge in [0.15, 0.2) is 0 Å². The van der Waals surface area contributed by atoms with Crippen molar-refractivity contribution in [1.29, 1.82) is 0 Å². The molecule has 19 heavy (non-hydrogen) atoms. The van der Waals surface area contributed by atoms with Crippen LogP contribution in [-0.2, 0) is 22.5 Å². The molecule has 3 N–H and O–H groups in total. The van der Waals surface area contributed by atoms with Gasteiger partial charge in [0.05, 0.1) is 18.2 Å². The van der Waals surface area contributed by atoms with E-state index in [-0.39, 0.29) is 5.91 Å². The summed E-state index contributed by atoms with van der Waals surface area (Å²) in [6, 6.07) is 0. The average molecular weight is 267 g/mol. The maximum absolute atomic E-state index is 12.3. The van der Waals surface area contributed by atoms with Crippen molar-refractivity contribution in [2.24, 2.45) is 11.1 Å². The third kappa shape index (κ3) is 3.13. The predicted molar refractivity (Wildman–Crippen MR) is 69.3 cm³/mol. The summed E-state index contributed by atoms with van der Waals surface area (Å²) in [5, 5.41) is 2.87. The molecule has 0 spiro atoms. The maximum Gasteiger partial charge on any atom is 0.228 e. The Morgan fingerprint density at radius 1 is 1.53 bits per heavy atom. The quantitative estimate of drug-likeness (QED) is 0.815. The molecule has 6 nitrogen and oxygen atoms in total. The van der Waals surface area contributed by atoms with Gasteiger partial charge in [-0.3, -0.25) is 4.79 Å². The van der Waals surface area contributed by atoms with Gasteiger partial charge >= 0.3 is 0 Å². The highest BCUT2D eigenvalue weighted by Gasteiger charge is 2.38. The van der Waals surface area contributed by atoms with Crippen LogP contribution in [0.5, 0.6) is 0 Å². The molecule has 0 bridgehead atoms. The molecule has 106 valence electrons. The Kier molecular flexibility index (Phi) is 4.55. The van der Waals surface area contributed by atoms with Crippen molar-refractivity contribution in [2.45, 2.75) is 32.7 Å². The molecule has 1 aromatic heterocycles. The monoisotopic (exact) mass is 267 g/mol. The highest BCUT2D eigenvalue weighted by molar-refractivity contribution is 5.82. The van der Waals surface area contributed by atoms with Crippen LogP contribution in [0.4, 0.5) is 0 Å². The Bertz CT molecular complexity index is 425. The summed E-state index contributed by atoms with van der Waals surface area (Å²) < 4.78 is 10.7. The summed E-state index contributed by atoms with van der Waals surface area (Å²) in [4.78, 5) is 16.4. The van der Waals surface area contributed by atoms with Gasteiger partial charge in [0, 0.05) is 26.2 Å². The number of nitrogens with one attached hydrogen (secondary N) is 1. The first-order chi connectivity index (χ1) is 9.20. The number of aryl methyl sites for hydroxylation is 1. The fourth-order valence-corrected chi connectivity index (χ4v) is 2.22. The average Bonchev–Trinajstić information content (AvgIpc) is 2.93. The number of amides is 1. The largest absolute Gasteiger partial charge is 0.444 e. The summed E-state index contributed by atoms with van der Waals surface area (Å²) in [5.41, 5.74) is 5.28. The molecular formula is C13H21N3O3. The topological polar surface area (TPSA) is 90.4 Å². The molecule has 1 fully saturated rings. The van der Waals surface area contributed by atoms with Gasteiger partial charge in [0.25, 0.3) is 0 Å². The van der Waals surface area contributed by atoms with Gasteiger partial charge in [0.2, 0.25) is 11.8 Å². The third-order valence-corrected chi connectivity index (χ3v) is 3.67. The van der Waals surface area contributed by atoms with Crippen LogP contribution in [0.1, 0.15) is 31.4 Å². The van der Waals surface area contributed by atoms with Crippen molar-refractivity contribution >= 4 is 5.91 Å². The SMILES string of the molecule is CCc1cnc(CNC(=O)C2(CN)CCOCC2)o1. The number of hydrogen-bond donors (Lipinski definition) is 2. The lowest BCUT2D eigenvalue weighted by atomic mass is 9.79. The van der Waals surface area contributed by atoms with Gasteiger partial charge in [-0.2, -0.15) is 0 Å². The molecule has 0 atom stereocenters. The van der Waals surface area contributed by atoms with Gasteiger partial charge in [-0.15, -0.1) is 0 Å². The molecule has 1 aliphatic heterocycles. The minimum absolute atomic E-state index is 0.0328. The van der Waals surface area contributed by atoms with E-state index in [1.165, 1.54) is 0 Å². The normalized spacial score (nSPS) is 18.2. The number of carbonyl (C=O) groups is 1. The standard InChI is InChI=1S/C13H21N3O3/c1-2-10-7-15-11(19-10)8-16-12(17)13(9-14)3-5-18-6-4-13/h7H,2-6,8-9,14H2,1H3,(H,16,17). The van der Waals surface area contributed by atoms with Crippen molar-refractivity contribution in [1.82, 2.24) is 10.3 Å². The van der Waals surface area contributed by atoms with Crippen LogP contribution in [0, 0.1) is 5.41 Å². The van der Waals surface area contributed by atoms with Crippen LogP contribution in [0.25, 0.3) is 0 Å². The van der Waals surface area contributed by atoms with Crippen LogP contribution in [0.2, 0.25) is 0 Å². The van der Waals surface area contributed by atoms with Crippen molar-refractivity contribution < 1.29 is 13.9 Å². The second-order valence-corrected chi connectivity index (χ2v) is 4.85. The van der Waals surface area contributed by atoms with E-state index in [0.717, 1.165) is 12.2 Å². The maximum atomic E-state index is 12.3. The van der Waals surface area contributed by atoms with E-state index in [9.17, 15) is 4.79 Å². The summed E-state index contributed by atoms with van der Waals surface area (Å²) in [6.07, 6.45) is 3.82. The highest BCUT2D eigenvalue weighted by Crippen LogP contribution is 2.29. The molecule has 1 aromatic rings. The summed E-state index contributed by atoms with van der Waals surface area (Å²) in [6.45, 7) is 3.82. The Hall–Kier alpha value is -1.40. The van der Waals surface area contributed by atoms with E-state index in [0.29, 0.717) is 45.0 Å². The molecule has 1 saturated heterocycles. The van der Waals surface area contributed by atoms with Crippen molar-refractivity contribution in [3.8, 4) is 0 Å². The summed E-state index contributed by atoms with van der Waals surface area (Å²) >= 11 is 0. The molecule has 1 aliphatic rings. The molecule has 0 aromatic carbocycles. The van der Waals surface area contributed by atoms with Crippen molar-refractivity contribution in [3.05, 3.63) is 17.8 Å². The van der Waals surface area contributed by atoms with Crippen molar-refractivity contribution in [2.75, 3.05) is 19.8 Å². The number of carbonyl (C=O) groups excluding carboxylic acids is 1. The molecule has 6 heteroatoms. The van der Waals surface area contributed by atoms with E-state index < -0.39 is 5.41 Å². The van der Waals surface area contributed by atoms with E-state index in [1.807, 2.05) is 6.92 Å². The van der Waals surface area contributed by atoms with Gasteiger partial charge in [-0.25, -0.2) is 4.98 Å². The molecule has 2 heterocycles. The Morgan fingerprint density at radius 3 is 2.84 bits per heavy atom. The lowest BCUT2D eigenvalue weighted by Gasteiger charge is -2.34. The zero-order chi connectivity index (χ0) is 13.7. The third-order valence-electron chi connectivity index (χ3n) is 3.67. The minimum atomic E-state index is -0.502. The number of rotatable bonds is 5. The first kappa shape index (κ1) is 14.0. The number of nitrogens with two attached hydrogens (primary N) is 1. The van der Waals surface area contributed by atoms with Crippen molar-refractivity contribution in [3.63, 3.8) is 0 Å². The van der Waals surface area contributed by atoms with Crippen LogP contribution < -0.4 is 11.1 Å². The second-order valence-electron chi connectivity index (χ2n) is 4.85. The number of hydrogen-bond acceptors (Lipinski definition) is 5. The molecule has 0 radical (unpaired) electrons. The molecule has 0 unspecified atom stereocenters. The molecule has 0 aliphatic carbocycles. The fraction of sp³-hybridized carbons (Fsp3) is 0.692. The van der Waals surface area contributed by atoms with Crippen LogP contribution >= 0.6 is 0 Å². The minimum Gasteiger partial charge on any atom is -0.444 e. The van der Waals surface area contributed by atoms with Gasteiger partial charge in [-0.1, -0.05) is 6.92 Å². The van der Waals surface area contributed by atoms with E-state index in [1.54, 1.807) is 6.20 Å². The lowest BCUT2D eigenvalue weighted by molar-refractivity contribution is -0.136. The smallest absolute Gasteiger partial charge is 0.228 e. The number of oxazole rings is 1. The van der Waals surface area contributed by atoms with Gasteiger partial charge in [-0.05, 0) is 12.8 Å². The molecular weight excluding hydrogens is 246 g/mol. The first-order valence-corrected chi connectivity index (χ1v) is 6.70. The molecule has 1 amide bonds. The van der Waals surface area contributed by atoms with E-state index in [2.05, 4.69) is 10.3 Å². The molecule has 2 rings (SSSR count). The number of aromatic nitrogens is 1. The summed E-state index contributed by atoms with van der Waals surface area (Å²) in [5.74, 6) is 1.32. The fourth-order valence-electron chi connectivity index (χ4n) is 2.22. The molecule has 0 saturated carbocycles. The highest BCUT2D eigenvalue weighted by atomic mass is 16.5. The van der Waals surface area contributed by atoms with Gasteiger partial charge in [0.1, 0.15) is 5.76 Å². The van der Waals surface area contributed by atoms with Gasteiger partial charge < -0.3 is 20.2 Å². The first-order valence-electron chi connectivity index (χ1n) is 6.70. The number of nitrogens with zero attached hydrogens (tertiary/aromatic N) is 1. The Labute approximate surface area is 112 Å². The lowest BCUT2D eigenvalue weighted by Crippen LogP contribution is -2.49. The number of ether oxygens (including phenoxy) is 1. The zero-order valence-electron chi connectivity index (χ0n) is 11.3.